The molecule has 0 bridgehead atoms. The molecule has 0 spiro atoms. The summed E-state index contributed by atoms with van der Waals surface area (Å²) in [6.45, 7) is 1.31. The first kappa shape index (κ1) is 20.8. The largest absolute Gasteiger partial charge is 0.355 e. The molecule has 1 aliphatic rings. The number of sulfonamides is 1. The molecule has 1 N–H and O–H groups in total. The SMILES string of the molecule is CS(=O)(=O)N1CCC(c2noc(CCNC(=O)Cc3ccccc3Cl)n2)CC1. The normalized spacial score (nSPS) is 16.2. The molecular formula is C18H23ClN4O4S. The smallest absolute Gasteiger partial charge is 0.228 e. The molecule has 8 nitrogen and oxygen atoms in total. The van der Waals surface area contributed by atoms with Gasteiger partial charge in [0.15, 0.2) is 5.82 Å². The Kier molecular flexibility index (Phi) is 6.69. The van der Waals surface area contributed by atoms with Crippen molar-refractivity contribution in [3.8, 4) is 0 Å². The van der Waals surface area contributed by atoms with Crippen LogP contribution >= 0.6 is 11.6 Å². The Morgan fingerprint density at radius 3 is 2.71 bits per heavy atom. The Bertz CT molecular complexity index is 923. The van der Waals surface area contributed by atoms with Crippen LogP contribution in [-0.2, 0) is 27.7 Å². The van der Waals surface area contributed by atoms with Gasteiger partial charge in [-0.05, 0) is 24.5 Å². The molecule has 0 atom stereocenters. The molecule has 1 aromatic carbocycles. The first-order chi connectivity index (χ1) is 13.3. The minimum absolute atomic E-state index is 0.0883. The minimum Gasteiger partial charge on any atom is -0.355 e. The maximum atomic E-state index is 12.0. The fraction of sp³-hybridized carbons (Fsp3) is 0.500. The van der Waals surface area contributed by atoms with E-state index >= 15 is 0 Å². The van der Waals surface area contributed by atoms with E-state index in [9.17, 15) is 13.2 Å². The van der Waals surface area contributed by atoms with Crippen molar-refractivity contribution in [2.24, 2.45) is 0 Å². The molecule has 2 heterocycles. The highest BCUT2D eigenvalue weighted by molar-refractivity contribution is 7.88. The molecule has 1 amide bonds. The number of nitrogens with zero attached hydrogens (tertiary/aromatic N) is 3. The number of hydrogen-bond donors (Lipinski definition) is 1. The van der Waals surface area contributed by atoms with E-state index in [4.69, 9.17) is 16.1 Å². The van der Waals surface area contributed by atoms with Gasteiger partial charge in [-0.3, -0.25) is 4.79 Å². The molecular weight excluding hydrogens is 404 g/mol. The van der Waals surface area contributed by atoms with Gasteiger partial charge < -0.3 is 9.84 Å². The van der Waals surface area contributed by atoms with Gasteiger partial charge in [0.25, 0.3) is 0 Å². The molecule has 10 heteroatoms. The first-order valence-corrected chi connectivity index (χ1v) is 11.3. The Balaban J connectivity index is 1.44. The number of piperidine rings is 1. The highest BCUT2D eigenvalue weighted by Gasteiger charge is 2.28. The predicted octanol–water partition coefficient (Wildman–Crippen LogP) is 1.76. The molecule has 1 fully saturated rings. The van der Waals surface area contributed by atoms with Crippen LogP contribution in [0.4, 0.5) is 0 Å². The molecule has 152 valence electrons. The molecule has 1 aromatic heterocycles. The lowest BCUT2D eigenvalue weighted by atomic mass is 9.97. The van der Waals surface area contributed by atoms with Gasteiger partial charge in [-0.15, -0.1) is 0 Å². The van der Waals surface area contributed by atoms with Crippen LogP contribution in [0, 0.1) is 0 Å². The molecule has 1 aliphatic heterocycles. The number of nitrogens with one attached hydrogen (secondary N) is 1. The Morgan fingerprint density at radius 2 is 2.04 bits per heavy atom. The van der Waals surface area contributed by atoms with E-state index in [1.807, 2.05) is 18.2 Å². The molecule has 2 aromatic rings. The number of aromatic nitrogens is 2. The zero-order valence-corrected chi connectivity index (χ0v) is 17.2. The summed E-state index contributed by atoms with van der Waals surface area (Å²) < 4.78 is 29.9. The van der Waals surface area contributed by atoms with Crippen LogP contribution < -0.4 is 5.32 Å². The average molecular weight is 427 g/mol. The molecule has 3 rings (SSSR count). The zero-order valence-electron chi connectivity index (χ0n) is 15.6. The van der Waals surface area contributed by atoms with Gasteiger partial charge in [-0.2, -0.15) is 4.98 Å². The highest BCUT2D eigenvalue weighted by atomic mass is 35.5. The van der Waals surface area contributed by atoms with Crippen molar-refractivity contribution in [1.82, 2.24) is 19.8 Å². The van der Waals surface area contributed by atoms with Crippen LogP contribution in [0.15, 0.2) is 28.8 Å². The van der Waals surface area contributed by atoms with Crippen molar-refractivity contribution in [1.29, 1.82) is 0 Å². The van der Waals surface area contributed by atoms with Crippen molar-refractivity contribution in [2.75, 3.05) is 25.9 Å². The molecule has 0 saturated carbocycles. The van der Waals surface area contributed by atoms with Crippen LogP contribution in [0.3, 0.4) is 0 Å². The van der Waals surface area contributed by atoms with Gasteiger partial charge in [-0.1, -0.05) is 35.0 Å². The molecule has 0 radical (unpaired) electrons. The second kappa shape index (κ2) is 9.02. The summed E-state index contributed by atoms with van der Waals surface area (Å²) in [4.78, 5) is 16.4. The third kappa shape index (κ3) is 5.52. The van der Waals surface area contributed by atoms with Gasteiger partial charge in [0.1, 0.15) is 0 Å². The maximum absolute atomic E-state index is 12.0. The second-order valence-electron chi connectivity index (χ2n) is 6.85. The fourth-order valence-electron chi connectivity index (χ4n) is 3.17. The Morgan fingerprint density at radius 1 is 1.32 bits per heavy atom. The standard InChI is InChI=1S/C18H23ClN4O4S/c1-28(25,26)23-10-7-13(8-11-23)18-21-17(27-22-18)6-9-20-16(24)12-14-4-2-3-5-15(14)19/h2-5,13H,6-12H2,1H3,(H,20,24). The molecule has 0 unspecified atom stereocenters. The summed E-state index contributed by atoms with van der Waals surface area (Å²) in [5.74, 6) is 1.02. The number of rotatable bonds is 7. The second-order valence-corrected chi connectivity index (χ2v) is 9.24. The topological polar surface area (TPSA) is 105 Å². The fourth-order valence-corrected chi connectivity index (χ4v) is 4.24. The van der Waals surface area contributed by atoms with E-state index in [0.717, 1.165) is 5.56 Å². The number of carbonyl (C=O) groups excluding carboxylic acids is 1. The van der Waals surface area contributed by atoms with Gasteiger partial charge in [0, 0.05) is 37.0 Å². The number of halogens is 1. The third-order valence-electron chi connectivity index (χ3n) is 4.74. The van der Waals surface area contributed by atoms with Crippen molar-refractivity contribution in [3.05, 3.63) is 46.6 Å². The zero-order chi connectivity index (χ0) is 20.1. The average Bonchev–Trinajstić information content (AvgIpc) is 3.12. The summed E-state index contributed by atoms with van der Waals surface area (Å²) in [6.07, 6.45) is 3.21. The number of amides is 1. The Hall–Kier alpha value is -1.97. The van der Waals surface area contributed by atoms with Gasteiger partial charge in [0.2, 0.25) is 21.8 Å². The van der Waals surface area contributed by atoms with Crippen LogP contribution in [0.1, 0.15) is 36.0 Å². The predicted molar refractivity (Wildman–Crippen MR) is 105 cm³/mol. The number of carbonyl (C=O) groups is 1. The van der Waals surface area contributed by atoms with E-state index in [1.165, 1.54) is 10.6 Å². The van der Waals surface area contributed by atoms with Crippen LogP contribution in [0.2, 0.25) is 5.02 Å². The quantitative estimate of drug-likeness (QED) is 0.723. The van der Waals surface area contributed by atoms with Gasteiger partial charge in [-0.25, -0.2) is 12.7 Å². The van der Waals surface area contributed by atoms with Crippen molar-refractivity contribution in [2.45, 2.75) is 31.6 Å². The molecule has 28 heavy (non-hydrogen) atoms. The summed E-state index contributed by atoms with van der Waals surface area (Å²) in [5.41, 5.74) is 0.780. The third-order valence-corrected chi connectivity index (χ3v) is 6.41. The highest BCUT2D eigenvalue weighted by Crippen LogP contribution is 2.27. The summed E-state index contributed by atoms with van der Waals surface area (Å²) in [5, 5.41) is 7.41. The maximum Gasteiger partial charge on any atom is 0.228 e. The van der Waals surface area contributed by atoms with Crippen LogP contribution in [0.25, 0.3) is 0 Å². The number of hydrogen-bond acceptors (Lipinski definition) is 6. The first-order valence-electron chi connectivity index (χ1n) is 9.10. The van der Waals surface area contributed by atoms with E-state index < -0.39 is 10.0 Å². The lowest BCUT2D eigenvalue weighted by Gasteiger charge is -2.28. The summed E-state index contributed by atoms with van der Waals surface area (Å²) in [6, 6.07) is 7.24. The van der Waals surface area contributed by atoms with Crippen molar-refractivity contribution < 1.29 is 17.7 Å². The van der Waals surface area contributed by atoms with E-state index in [1.54, 1.807) is 6.07 Å². The van der Waals surface area contributed by atoms with Gasteiger partial charge >= 0.3 is 0 Å². The monoisotopic (exact) mass is 426 g/mol. The van der Waals surface area contributed by atoms with Crippen molar-refractivity contribution in [3.63, 3.8) is 0 Å². The molecule has 1 saturated heterocycles. The lowest BCUT2D eigenvalue weighted by Crippen LogP contribution is -2.37. The van der Waals surface area contributed by atoms with E-state index in [0.29, 0.717) is 55.6 Å². The van der Waals surface area contributed by atoms with E-state index in [2.05, 4.69) is 15.5 Å². The summed E-state index contributed by atoms with van der Waals surface area (Å²) in [7, 11) is -3.15. The number of benzene rings is 1. The van der Waals surface area contributed by atoms with Crippen LogP contribution in [-0.4, -0.2) is 54.7 Å². The summed E-state index contributed by atoms with van der Waals surface area (Å²) >= 11 is 6.06. The van der Waals surface area contributed by atoms with Gasteiger partial charge in [0.05, 0.1) is 12.7 Å². The lowest BCUT2D eigenvalue weighted by molar-refractivity contribution is -0.120. The van der Waals surface area contributed by atoms with E-state index in [-0.39, 0.29) is 18.2 Å². The minimum atomic E-state index is -3.15. The molecule has 0 aliphatic carbocycles. The Labute approximate surface area is 169 Å². The van der Waals surface area contributed by atoms with Crippen LogP contribution in [0.5, 0.6) is 0 Å². The van der Waals surface area contributed by atoms with Crippen molar-refractivity contribution >= 4 is 27.5 Å².